The summed E-state index contributed by atoms with van der Waals surface area (Å²) in [6.45, 7) is 3.92. The van der Waals surface area contributed by atoms with Gasteiger partial charge in [0.05, 0.1) is 11.2 Å². The predicted octanol–water partition coefficient (Wildman–Crippen LogP) is 4.75. The molecule has 0 aliphatic carbocycles. The van der Waals surface area contributed by atoms with Crippen LogP contribution in [0.25, 0.3) is 10.9 Å². The van der Waals surface area contributed by atoms with Gasteiger partial charge in [-0.15, -0.1) is 0 Å². The van der Waals surface area contributed by atoms with E-state index in [0.29, 0.717) is 16.9 Å². The van der Waals surface area contributed by atoms with Crippen LogP contribution in [0.1, 0.15) is 32.1 Å². The Balaban J connectivity index is 1.55. The molecule has 0 unspecified atom stereocenters. The first-order chi connectivity index (χ1) is 14.5. The molecule has 2 heterocycles. The van der Waals surface area contributed by atoms with Gasteiger partial charge in [-0.1, -0.05) is 42.0 Å². The van der Waals surface area contributed by atoms with Gasteiger partial charge in [0.15, 0.2) is 0 Å². The molecule has 0 fully saturated rings. The highest BCUT2D eigenvalue weighted by atomic mass is 16.2. The van der Waals surface area contributed by atoms with Crippen LogP contribution in [0.15, 0.2) is 72.9 Å². The van der Waals surface area contributed by atoms with Crippen LogP contribution in [0, 0.1) is 13.8 Å². The molecule has 6 nitrogen and oxygen atoms in total. The van der Waals surface area contributed by atoms with E-state index in [1.807, 2.05) is 56.3 Å². The summed E-state index contributed by atoms with van der Waals surface area (Å²) in [5.41, 5.74) is 4.38. The standard InChI is InChI=1S/C24H20N4O2/c1-15-11-12-18(16(2)14-15)27-23(29)20-9-4-10-21(26-20)24(30)28-19-8-3-6-17-7-5-13-25-22(17)19/h3-14H,1-2H3,(H,27,29)(H,28,30). The normalized spacial score (nSPS) is 10.6. The van der Waals surface area contributed by atoms with E-state index in [0.717, 1.165) is 16.5 Å². The molecule has 148 valence electrons. The van der Waals surface area contributed by atoms with Gasteiger partial charge in [0.25, 0.3) is 11.8 Å². The number of pyridine rings is 2. The minimum Gasteiger partial charge on any atom is -0.320 e. The Morgan fingerprint density at radius 2 is 1.43 bits per heavy atom. The number of aromatic nitrogens is 2. The molecule has 4 aromatic rings. The topological polar surface area (TPSA) is 84.0 Å². The second kappa shape index (κ2) is 8.13. The van der Waals surface area contributed by atoms with Crippen molar-refractivity contribution in [2.45, 2.75) is 13.8 Å². The van der Waals surface area contributed by atoms with E-state index in [4.69, 9.17) is 0 Å². The van der Waals surface area contributed by atoms with Crippen LogP contribution in [0.4, 0.5) is 11.4 Å². The monoisotopic (exact) mass is 396 g/mol. The van der Waals surface area contributed by atoms with Gasteiger partial charge in [-0.3, -0.25) is 14.6 Å². The quantitative estimate of drug-likeness (QED) is 0.521. The molecule has 4 rings (SSSR count). The van der Waals surface area contributed by atoms with Gasteiger partial charge < -0.3 is 10.6 Å². The number of fused-ring (bicyclic) bond motifs is 1. The summed E-state index contributed by atoms with van der Waals surface area (Å²) in [5, 5.41) is 6.61. The zero-order valence-electron chi connectivity index (χ0n) is 16.6. The fourth-order valence-electron chi connectivity index (χ4n) is 3.22. The van der Waals surface area contributed by atoms with E-state index in [2.05, 4.69) is 20.6 Å². The molecule has 30 heavy (non-hydrogen) atoms. The van der Waals surface area contributed by atoms with Crippen LogP contribution in [-0.2, 0) is 0 Å². The minimum atomic E-state index is -0.408. The van der Waals surface area contributed by atoms with E-state index < -0.39 is 5.91 Å². The zero-order chi connectivity index (χ0) is 21.1. The molecule has 2 amide bonds. The molecule has 2 aromatic heterocycles. The van der Waals surface area contributed by atoms with Crippen LogP contribution in [0.2, 0.25) is 0 Å². The number of para-hydroxylation sites is 1. The van der Waals surface area contributed by atoms with Crippen LogP contribution < -0.4 is 10.6 Å². The van der Waals surface area contributed by atoms with Gasteiger partial charge >= 0.3 is 0 Å². The predicted molar refractivity (Wildman–Crippen MR) is 118 cm³/mol. The first kappa shape index (κ1) is 19.3. The zero-order valence-corrected chi connectivity index (χ0v) is 16.6. The molecule has 0 bridgehead atoms. The smallest absolute Gasteiger partial charge is 0.274 e. The van der Waals surface area contributed by atoms with E-state index in [9.17, 15) is 9.59 Å². The number of amides is 2. The molecule has 2 aromatic carbocycles. The van der Waals surface area contributed by atoms with E-state index in [1.54, 1.807) is 30.5 Å². The second-order valence-electron chi connectivity index (χ2n) is 7.02. The van der Waals surface area contributed by atoms with Crippen molar-refractivity contribution in [1.82, 2.24) is 9.97 Å². The molecular formula is C24H20N4O2. The largest absolute Gasteiger partial charge is 0.320 e. The number of rotatable bonds is 4. The van der Waals surface area contributed by atoms with Crippen LogP contribution in [0.3, 0.4) is 0 Å². The average molecular weight is 396 g/mol. The first-order valence-electron chi connectivity index (χ1n) is 9.52. The lowest BCUT2D eigenvalue weighted by atomic mass is 10.1. The summed E-state index contributed by atoms with van der Waals surface area (Å²) in [6.07, 6.45) is 1.67. The summed E-state index contributed by atoms with van der Waals surface area (Å²) < 4.78 is 0. The summed E-state index contributed by atoms with van der Waals surface area (Å²) in [7, 11) is 0. The lowest BCUT2D eigenvalue weighted by Crippen LogP contribution is -2.19. The van der Waals surface area contributed by atoms with Gasteiger partial charge in [-0.05, 0) is 49.7 Å². The third-order valence-electron chi connectivity index (χ3n) is 4.73. The SMILES string of the molecule is Cc1ccc(NC(=O)c2cccc(C(=O)Nc3cccc4cccnc34)n2)c(C)c1. The fraction of sp³-hybridized carbons (Fsp3) is 0.0833. The van der Waals surface area contributed by atoms with Crippen molar-refractivity contribution in [3.63, 3.8) is 0 Å². The van der Waals surface area contributed by atoms with Crippen molar-refractivity contribution >= 4 is 34.1 Å². The Labute approximate surface area is 174 Å². The molecule has 0 radical (unpaired) electrons. The number of anilines is 2. The third-order valence-corrected chi connectivity index (χ3v) is 4.73. The van der Waals surface area contributed by atoms with E-state index in [1.165, 1.54) is 0 Å². The Morgan fingerprint density at radius 3 is 2.17 bits per heavy atom. The third kappa shape index (κ3) is 4.03. The van der Waals surface area contributed by atoms with Crippen molar-refractivity contribution in [2.24, 2.45) is 0 Å². The highest BCUT2D eigenvalue weighted by molar-refractivity contribution is 6.08. The van der Waals surface area contributed by atoms with Crippen LogP contribution >= 0.6 is 0 Å². The Morgan fingerprint density at radius 1 is 0.767 bits per heavy atom. The number of hydrogen-bond acceptors (Lipinski definition) is 4. The molecule has 0 saturated heterocycles. The van der Waals surface area contributed by atoms with Gasteiger partial charge in [0.1, 0.15) is 11.4 Å². The Hall–Kier alpha value is -4.06. The maximum atomic E-state index is 12.7. The van der Waals surface area contributed by atoms with Crippen LogP contribution in [0.5, 0.6) is 0 Å². The molecule has 2 N–H and O–H groups in total. The number of nitrogens with one attached hydrogen (secondary N) is 2. The fourth-order valence-corrected chi connectivity index (χ4v) is 3.22. The molecule has 6 heteroatoms. The summed E-state index contributed by atoms with van der Waals surface area (Å²) in [4.78, 5) is 34.0. The van der Waals surface area contributed by atoms with E-state index in [-0.39, 0.29) is 17.3 Å². The average Bonchev–Trinajstić information content (AvgIpc) is 2.76. The maximum absolute atomic E-state index is 12.7. The number of hydrogen-bond donors (Lipinski definition) is 2. The van der Waals surface area contributed by atoms with Gasteiger partial charge in [0, 0.05) is 17.3 Å². The lowest BCUT2D eigenvalue weighted by Gasteiger charge is -2.10. The molecule has 0 saturated carbocycles. The molecule has 0 spiro atoms. The molecular weight excluding hydrogens is 376 g/mol. The van der Waals surface area contributed by atoms with Crippen molar-refractivity contribution in [3.8, 4) is 0 Å². The number of aryl methyl sites for hydroxylation is 2. The summed E-state index contributed by atoms with van der Waals surface area (Å²) >= 11 is 0. The lowest BCUT2D eigenvalue weighted by molar-refractivity contribution is 0.101. The maximum Gasteiger partial charge on any atom is 0.274 e. The second-order valence-corrected chi connectivity index (χ2v) is 7.02. The Kier molecular flexibility index (Phi) is 5.22. The molecule has 0 aliphatic rings. The number of nitrogens with zero attached hydrogens (tertiary/aromatic N) is 2. The molecule has 0 aliphatic heterocycles. The van der Waals surface area contributed by atoms with Crippen molar-refractivity contribution in [3.05, 3.63) is 95.4 Å². The van der Waals surface area contributed by atoms with E-state index >= 15 is 0 Å². The van der Waals surface area contributed by atoms with Crippen LogP contribution in [-0.4, -0.2) is 21.8 Å². The summed E-state index contributed by atoms with van der Waals surface area (Å²) in [5.74, 6) is -0.780. The number of benzene rings is 2. The Bertz CT molecular complexity index is 1260. The number of carbonyl (C=O) groups excluding carboxylic acids is 2. The highest BCUT2D eigenvalue weighted by Gasteiger charge is 2.14. The first-order valence-corrected chi connectivity index (χ1v) is 9.52. The van der Waals surface area contributed by atoms with Crippen molar-refractivity contribution in [2.75, 3.05) is 10.6 Å². The summed E-state index contributed by atoms with van der Waals surface area (Å²) in [6, 6.07) is 19.9. The molecule has 0 atom stereocenters. The van der Waals surface area contributed by atoms with Gasteiger partial charge in [-0.25, -0.2) is 4.98 Å². The minimum absolute atomic E-state index is 0.149. The van der Waals surface area contributed by atoms with Crippen molar-refractivity contribution in [1.29, 1.82) is 0 Å². The highest BCUT2D eigenvalue weighted by Crippen LogP contribution is 2.21. The number of carbonyl (C=O) groups is 2. The van der Waals surface area contributed by atoms with Gasteiger partial charge in [-0.2, -0.15) is 0 Å². The van der Waals surface area contributed by atoms with Crippen molar-refractivity contribution < 1.29 is 9.59 Å². The van der Waals surface area contributed by atoms with Gasteiger partial charge in [0.2, 0.25) is 0 Å².